The minimum atomic E-state index is -3.94. The van der Waals surface area contributed by atoms with Gasteiger partial charge >= 0.3 is 6.03 Å². The lowest BCUT2D eigenvalue weighted by Gasteiger charge is -2.22. The molecular weight excluding hydrogens is 470 g/mol. The van der Waals surface area contributed by atoms with Crippen LogP contribution in [0.25, 0.3) is 0 Å². The number of thiol groups is 1. The fourth-order valence-electron chi connectivity index (χ4n) is 3.84. The van der Waals surface area contributed by atoms with E-state index in [0.717, 1.165) is 48.5 Å². The zero-order valence-corrected chi connectivity index (χ0v) is 20.7. The number of carbonyl (C=O) groups excluding carboxylic acids is 2. The first kappa shape index (κ1) is 26.2. The Bertz CT molecular complexity index is 1080. The van der Waals surface area contributed by atoms with Gasteiger partial charge in [0.15, 0.2) is 7.28 Å². The number of nitrogens with two attached hydrogens (primary N) is 1. The van der Waals surface area contributed by atoms with Crippen molar-refractivity contribution >= 4 is 65.7 Å². The van der Waals surface area contributed by atoms with Crippen LogP contribution in [0.2, 0.25) is 0 Å². The highest BCUT2D eigenvalue weighted by Crippen LogP contribution is 2.17. The van der Waals surface area contributed by atoms with E-state index in [1.54, 1.807) is 12.1 Å². The third kappa shape index (κ3) is 7.82. The Balaban J connectivity index is 1.52. The van der Waals surface area contributed by atoms with Gasteiger partial charge in [-0.15, -0.1) is 0 Å². The molecule has 34 heavy (non-hydrogen) atoms. The Morgan fingerprint density at radius 2 is 1.53 bits per heavy atom. The number of rotatable bonds is 9. The molecule has 2 aromatic rings. The second-order valence-electron chi connectivity index (χ2n) is 8.56. The summed E-state index contributed by atoms with van der Waals surface area (Å²) in [6.45, 7) is 0. The molecule has 0 heterocycles. The van der Waals surface area contributed by atoms with Gasteiger partial charge in [-0.3, -0.25) is 4.79 Å². The molecule has 1 aliphatic rings. The van der Waals surface area contributed by atoms with Crippen LogP contribution in [0.4, 0.5) is 4.79 Å². The molecule has 0 aliphatic heterocycles. The summed E-state index contributed by atoms with van der Waals surface area (Å²) in [5, 5.41) is 5.53. The molecule has 5 N–H and O–H groups in total. The van der Waals surface area contributed by atoms with Gasteiger partial charge < -0.3 is 16.3 Å². The Morgan fingerprint density at radius 3 is 2.12 bits per heavy atom. The number of hydrogen-bond donors (Lipinski definition) is 5. The molecule has 8 nitrogen and oxygen atoms in total. The van der Waals surface area contributed by atoms with Crippen molar-refractivity contribution in [3.63, 3.8) is 0 Å². The van der Waals surface area contributed by atoms with E-state index in [1.807, 2.05) is 24.3 Å². The van der Waals surface area contributed by atoms with Crippen molar-refractivity contribution in [2.24, 2.45) is 5.73 Å². The molecule has 0 spiro atoms. The van der Waals surface area contributed by atoms with E-state index < -0.39 is 22.1 Å². The topological polar surface area (TPSA) is 130 Å². The number of carbonyl (C=O) groups is 2. The quantitative estimate of drug-likeness (QED) is 0.217. The lowest BCUT2D eigenvalue weighted by Crippen LogP contribution is -2.46. The van der Waals surface area contributed by atoms with Crippen LogP contribution in [0.5, 0.6) is 0 Å². The largest absolute Gasteiger partial charge is 0.396 e. The number of amides is 3. The van der Waals surface area contributed by atoms with Crippen LogP contribution >= 0.6 is 12.6 Å². The molecule has 0 saturated heterocycles. The first-order chi connectivity index (χ1) is 16.3. The summed E-state index contributed by atoms with van der Waals surface area (Å²) >= 11 is 4.02. The molecule has 1 fully saturated rings. The minimum Gasteiger partial charge on any atom is -0.396 e. The SMILES string of the molecule is NC(CS)C(=O)NBc1ccc(Bc2ccc(S(=O)(=O)NC(=O)NC3CCCCC3)cc2)cc1. The maximum Gasteiger partial charge on any atom is 0.328 e. The Kier molecular flexibility index (Phi) is 9.49. The van der Waals surface area contributed by atoms with E-state index in [2.05, 4.69) is 27.9 Å². The first-order valence-corrected chi connectivity index (χ1v) is 13.5. The summed E-state index contributed by atoms with van der Waals surface area (Å²) < 4.78 is 27.2. The van der Waals surface area contributed by atoms with Gasteiger partial charge in [-0.1, -0.05) is 72.0 Å². The van der Waals surface area contributed by atoms with E-state index >= 15 is 0 Å². The van der Waals surface area contributed by atoms with Crippen LogP contribution in [0.15, 0.2) is 53.4 Å². The molecule has 1 saturated carbocycles. The normalized spacial score (nSPS) is 15.1. The molecular formula is C22H30B2N4O4S2. The predicted octanol–water partition coefficient (Wildman–Crippen LogP) is -1.26. The van der Waals surface area contributed by atoms with Crippen molar-refractivity contribution in [2.45, 2.75) is 49.1 Å². The number of benzene rings is 2. The third-order valence-electron chi connectivity index (χ3n) is 5.83. The fraction of sp³-hybridized carbons (Fsp3) is 0.364. The molecule has 3 rings (SSSR count). The Morgan fingerprint density at radius 1 is 0.971 bits per heavy atom. The lowest BCUT2D eigenvalue weighted by molar-refractivity contribution is -0.120. The van der Waals surface area contributed by atoms with E-state index in [0.29, 0.717) is 14.7 Å². The average Bonchev–Trinajstić information content (AvgIpc) is 2.83. The molecule has 3 amide bonds. The molecule has 180 valence electrons. The smallest absolute Gasteiger partial charge is 0.328 e. The Labute approximate surface area is 207 Å². The van der Waals surface area contributed by atoms with E-state index in [9.17, 15) is 18.0 Å². The number of hydrogen-bond acceptors (Lipinski definition) is 6. The van der Waals surface area contributed by atoms with E-state index in [4.69, 9.17) is 5.73 Å². The van der Waals surface area contributed by atoms with Crippen LogP contribution in [-0.2, 0) is 14.8 Å². The van der Waals surface area contributed by atoms with Gasteiger partial charge in [0.1, 0.15) is 0 Å². The highest BCUT2D eigenvalue weighted by Gasteiger charge is 2.21. The van der Waals surface area contributed by atoms with Crippen molar-refractivity contribution in [1.82, 2.24) is 15.3 Å². The summed E-state index contributed by atoms with van der Waals surface area (Å²) in [7, 11) is -2.94. The van der Waals surface area contributed by atoms with Crippen molar-refractivity contribution in [2.75, 3.05) is 5.75 Å². The van der Waals surface area contributed by atoms with Gasteiger partial charge in [0.05, 0.1) is 10.9 Å². The van der Waals surface area contributed by atoms with Crippen molar-refractivity contribution < 1.29 is 18.0 Å². The van der Waals surface area contributed by atoms with Crippen LogP contribution in [0.3, 0.4) is 0 Å². The zero-order valence-electron chi connectivity index (χ0n) is 19.0. The molecule has 2 aromatic carbocycles. The van der Waals surface area contributed by atoms with Gasteiger partial charge in [0.25, 0.3) is 17.4 Å². The van der Waals surface area contributed by atoms with Gasteiger partial charge in [-0.2, -0.15) is 12.6 Å². The third-order valence-corrected chi connectivity index (χ3v) is 7.57. The van der Waals surface area contributed by atoms with Crippen molar-refractivity contribution in [3.05, 3.63) is 48.5 Å². The number of nitrogens with one attached hydrogen (secondary N) is 3. The monoisotopic (exact) mass is 500 g/mol. The Hall–Kier alpha value is -2.43. The molecule has 0 radical (unpaired) electrons. The van der Waals surface area contributed by atoms with E-state index in [1.165, 1.54) is 12.1 Å². The first-order valence-electron chi connectivity index (χ1n) is 11.4. The van der Waals surface area contributed by atoms with Crippen molar-refractivity contribution in [1.29, 1.82) is 0 Å². The lowest BCUT2D eigenvalue weighted by atomic mass is 9.63. The van der Waals surface area contributed by atoms with Crippen LogP contribution in [0, 0.1) is 0 Å². The van der Waals surface area contributed by atoms with Crippen LogP contribution in [0.1, 0.15) is 32.1 Å². The summed E-state index contributed by atoms with van der Waals surface area (Å²) in [6.07, 6.45) is 5.00. The predicted molar refractivity (Wildman–Crippen MR) is 142 cm³/mol. The summed E-state index contributed by atoms with van der Waals surface area (Å²) in [6, 6.07) is 13.0. The molecule has 0 aromatic heterocycles. The number of sulfonamides is 1. The fourth-order valence-corrected chi connectivity index (χ4v) is 4.92. The summed E-state index contributed by atoms with van der Waals surface area (Å²) in [5.41, 5.74) is 8.57. The zero-order chi connectivity index (χ0) is 24.6. The maximum atomic E-state index is 12.5. The molecule has 12 heteroatoms. The van der Waals surface area contributed by atoms with Gasteiger partial charge in [0, 0.05) is 11.8 Å². The highest BCUT2D eigenvalue weighted by molar-refractivity contribution is 7.90. The number of urea groups is 1. The second kappa shape index (κ2) is 12.3. The van der Waals surface area contributed by atoms with Crippen molar-refractivity contribution in [3.8, 4) is 0 Å². The van der Waals surface area contributed by atoms with Gasteiger partial charge in [-0.25, -0.2) is 17.9 Å². The average molecular weight is 500 g/mol. The summed E-state index contributed by atoms with van der Waals surface area (Å²) in [4.78, 5) is 23.9. The maximum absolute atomic E-state index is 12.5. The summed E-state index contributed by atoms with van der Waals surface area (Å²) in [5.74, 6) is 0.0456. The molecule has 0 bridgehead atoms. The molecule has 1 aliphatic carbocycles. The molecule has 1 atom stereocenters. The minimum absolute atomic E-state index is 0.0274. The van der Waals surface area contributed by atoms with Gasteiger partial charge in [-0.05, 0) is 25.0 Å². The van der Waals surface area contributed by atoms with Gasteiger partial charge in [0.2, 0.25) is 5.91 Å². The van der Waals surface area contributed by atoms with Crippen LogP contribution in [-0.4, -0.2) is 52.9 Å². The molecule has 1 unspecified atom stereocenters. The standard InChI is InChI=1S/C22H30B2N4O4S2/c25-20(14-33)21(29)27-24-17-8-6-15(7-9-17)23-16-10-12-19(13-11-16)34(31,32)28-22(30)26-18-4-2-1-3-5-18/h6-13,18,20,23-24,33H,1-5,14,25H2,(H,27,29)(H2,26,28,30). The second-order valence-corrected chi connectivity index (χ2v) is 10.6. The van der Waals surface area contributed by atoms with E-state index in [-0.39, 0.29) is 22.6 Å². The highest BCUT2D eigenvalue weighted by atomic mass is 32.2. The van der Waals surface area contributed by atoms with Crippen LogP contribution < -0.4 is 37.4 Å².